The van der Waals surface area contributed by atoms with Crippen LogP contribution in [0.2, 0.25) is 0 Å². The lowest BCUT2D eigenvalue weighted by molar-refractivity contribution is -0.128. The zero-order valence-corrected chi connectivity index (χ0v) is 16.1. The Labute approximate surface area is 151 Å². The molecule has 0 aliphatic carbocycles. The summed E-state index contributed by atoms with van der Waals surface area (Å²) in [4.78, 5) is 12.6. The van der Waals surface area contributed by atoms with E-state index in [1.165, 1.54) is 11.1 Å². The van der Waals surface area contributed by atoms with Gasteiger partial charge in [-0.05, 0) is 76.3 Å². The van der Waals surface area contributed by atoms with Gasteiger partial charge in [0.25, 0.3) is 5.91 Å². The molecule has 0 aliphatic rings. The lowest BCUT2D eigenvalue weighted by Crippen LogP contribution is -2.49. The molecule has 3 heteroatoms. The van der Waals surface area contributed by atoms with Crippen molar-refractivity contribution >= 4 is 5.91 Å². The Kier molecular flexibility index (Phi) is 5.89. The summed E-state index contributed by atoms with van der Waals surface area (Å²) in [5.41, 5.74) is 4.25. The van der Waals surface area contributed by atoms with Crippen LogP contribution in [0.15, 0.2) is 42.5 Å². The van der Waals surface area contributed by atoms with E-state index in [-0.39, 0.29) is 11.4 Å². The van der Waals surface area contributed by atoms with Crippen molar-refractivity contribution in [3.8, 4) is 5.75 Å². The number of benzene rings is 2. The van der Waals surface area contributed by atoms with Gasteiger partial charge in [-0.2, -0.15) is 0 Å². The molecule has 1 N–H and O–H groups in total. The molecular weight excluding hydrogens is 310 g/mol. The maximum atomic E-state index is 12.6. The number of rotatable bonds is 6. The molecule has 0 bridgehead atoms. The van der Waals surface area contributed by atoms with Gasteiger partial charge in [0.1, 0.15) is 5.75 Å². The summed E-state index contributed by atoms with van der Waals surface area (Å²) < 4.78 is 5.95. The van der Waals surface area contributed by atoms with E-state index in [4.69, 9.17) is 4.74 Å². The molecule has 0 aliphatic heterocycles. The molecule has 0 aromatic heterocycles. The van der Waals surface area contributed by atoms with Gasteiger partial charge in [-0.3, -0.25) is 4.79 Å². The third-order valence-electron chi connectivity index (χ3n) is 4.39. The van der Waals surface area contributed by atoms with E-state index >= 15 is 0 Å². The number of carbonyl (C=O) groups excluding carboxylic acids is 1. The van der Waals surface area contributed by atoms with Gasteiger partial charge < -0.3 is 10.1 Å². The molecule has 0 fully saturated rings. The van der Waals surface area contributed by atoms with E-state index in [1.807, 2.05) is 52.0 Å². The fourth-order valence-electron chi connectivity index (χ4n) is 2.95. The molecule has 0 saturated carbocycles. The number of aryl methyl sites for hydroxylation is 2. The predicted molar refractivity (Wildman–Crippen MR) is 103 cm³/mol. The van der Waals surface area contributed by atoms with Crippen LogP contribution in [0.1, 0.15) is 43.0 Å². The number of nitrogens with one attached hydrogen (secondary N) is 1. The maximum absolute atomic E-state index is 12.6. The summed E-state index contributed by atoms with van der Waals surface area (Å²) in [6, 6.07) is 14.3. The van der Waals surface area contributed by atoms with Gasteiger partial charge in [-0.25, -0.2) is 0 Å². The monoisotopic (exact) mass is 339 g/mol. The van der Waals surface area contributed by atoms with Crippen LogP contribution in [0, 0.1) is 20.8 Å². The fraction of sp³-hybridized carbons (Fsp3) is 0.409. The smallest absolute Gasteiger partial charge is 0.261 e. The maximum Gasteiger partial charge on any atom is 0.261 e. The van der Waals surface area contributed by atoms with Crippen molar-refractivity contribution < 1.29 is 9.53 Å². The van der Waals surface area contributed by atoms with Crippen LogP contribution in [0.5, 0.6) is 5.75 Å². The second-order valence-electron chi connectivity index (χ2n) is 7.50. The van der Waals surface area contributed by atoms with Crippen LogP contribution >= 0.6 is 0 Å². The van der Waals surface area contributed by atoms with E-state index in [2.05, 4.69) is 30.4 Å². The van der Waals surface area contributed by atoms with E-state index in [0.717, 1.165) is 23.3 Å². The summed E-state index contributed by atoms with van der Waals surface area (Å²) >= 11 is 0. The summed E-state index contributed by atoms with van der Waals surface area (Å²) in [5.74, 6) is 0.681. The first kappa shape index (κ1) is 19.0. The molecule has 2 aromatic rings. The second-order valence-corrected chi connectivity index (χ2v) is 7.50. The van der Waals surface area contributed by atoms with Gasteiger partial charge >= 0.3 is 0 Å². The summed E-state index contributed by atoms with van der Waals surface area (Å²) in [6.07, 6.45) is 0.226. The zero-order chi connectivity index (χ0) is 18.6. The van der Waals surface area contributed by atoms with Crippen molar-refractivity contribution in [2.24, 2.45) is 0 Å². The van der Waals surface area contributed by atoms with Crippen molar-refractivity contribution in [1.29, 1.82) is 0 Å². The molecule has 134 valence electrons. The highest BCUT2D eigenvalue weighted by atomic mass is 16.5. The molecule has 1 atom stereocenters. The summed E-state index contributed by atoms with van der Waals surface area (Å²) in [6.45, 7) is 12.0. The van der Waals surface area contributed by atoms with Crippen LogP contribution in [-0.4, -0.2) is 17.6 Å². The van der Waals surface area contributed by atoms with E-state index in [1.54, 1.807) is 6.92 Å². The first-order valence-electron chi connectivity index (χ1n) is 8.78. The quantitative estimate of drug-likeness (QED) is 0.840. The Hall–Kier alpha value is -2.29. The van der Waals surface area contributed by atoms with Crippen LogP contribution in [-0.2, 0) is 11.2 Å². The first-order valence-corrected chi connectivity index (χ1v) is 8.78. The third kappa shape index (κ3) is 5.35. The van der Waals surface area contributed by atoms with Crippen LogP contribution < -0.4 is 10.1 Å². The third-order valence-corrected chi connectivity index (χ3v) is 4.39. The molecule has 0 saturated heterocycles. The van der Waals surface area contributed by atoms with Gasteiger partial charge in [0.15, 0.2) is 6.10 Å². The normalized spacial score (nSPS) is 12.6. The topological polar surface area (TPSA) is 38.3 Å². The average molecular weight is 339 g/mol. The molecule has 25 heavy (non-hydrogen) atoms. The molecule has 0 radical (unpaired) electrons. The fourth-order valence-corrected chi connectivity index (χ4v) is 2.95. The van der Waals surface area contributed by atoms with Crippen molar-refractivity contribution in [1.82, 2.24) is 5.32 Å². The predicted octanol–water partition coefficient (Wildman–Crippen LogP) is 4.52. The van der Waals surface area contributed by atoms with Crippen LogP contribution in [0.3, 0.4) is 0 Å². The van der Waals surface area contributed by atoms with Gasteiger partial charge in [-0.15, -0.1) is 0 Å². The molecule has 2 aromatic carbocycles. The van der Waals surface area contributed by atoms with Gasteiger partial charge in [0, 0.05) is 5.54 Å². The lowest BCUT2D eigenvalue weighted by atomic mass is 9.94. The lowest BCUT2D eigenvalue weighted by Gasteiger charge is -2.28. The Balaban J connectivity index is 2.02. The van der Waals surface area contributed by atoms with E-state index in [9.17, 15) is 4.79 Å². The van der Waals surface area contributed by atoms with Gasteiger partial charge in [0.05, 0.1) is 0 Å². The van der Waals surface area contributed by atoms with Gasteiger partial charge in [-0.1, -0.05) is 36.4 Å². The summed E-state index contributed by atoms with van der Waals surface area (Å²) in [5, 5.41) is 3.11. The number of hydrogen-bond acceptors (Lipinski definition) is 2. The highest BCUT2D eigenvalue weighted by Gasteiger charge is 2.25. The Bertz CT molecular complexity index is 735. The Morgan fingerprint density at radius 1 is 1.12 bits per heavy atom. The largest absolute Gasteiger partial charge is 0.481 e. The molecular formula is C22H29NO2. The minimum Gasteiger partial charge on any atom is -0.481 e. The van der Waals surface area contributed by atoms with Crippen molar-refractivity contribution in [2.75, 3.05) is 0 Å². The molecule has 1 amide bonds. The molecule has 2 rings (SSSR count). The van der Waals surface area contributed by atoms with Gasteiger partial charge in [0.2, 0.25) is 0 Å². The molecule has 0 unspecified atom stereocenters. The van der Waals surface area contributed by atoms with Crippen LogP contribution in [0.4, 0.5) is 0 Å². The Morgan fingerprint density at radius 3 is 2.40 bits per heavy atom. The first-order chi connectivity index (χ1) is 11.7. The van der Waals surface area contributed by atoms with Crippen molar-refractivity contribution in [3.05, 3.63) is 64.7 Å². The van der Waals surface area contributed by atoms with Crippen molar-refractivity contribution in [2.45, 2.75) is 59.6 Å². The molecule has 3 nitrogen and oxygen atoms in total. The standard InChI is InChI=1S/C22H29NO2/c1-15-12-16(2)17(3)20(13-15)25-18(4)21(24)23-22(5,6)14-19-10-8-7-9-11-19/h7-13,18H,14H2,1-6H3,(H,23,24)/t18-/m0/s1. The zero-order valence-electron chi connectivity index (χ0n) is 16.1. The molecule has 0 spiro atoms. The SMILES string of the molecule is Cc1cc(C)c(C)c(O[C@@H](C)C(=O)NC(C)(C)Cc2ccccc2)c1. The highest BCUT2D eigenvalue weighted by molar-refractivity contribution is 5.81. The summed E-state index contributed by atoms with van der Waals surface area (Å²) in [7, 11) is 0. The number of amides is 1. The number of hydrogen-bond donors (Lipinski definition) is 1. The molecule has 0 heterocycles. The average Bonchev–Trinajstić information content (AvgIpc) is 2.52. The number of ether oxygens (including phenoxy) is 1. The number of carbonyl (C=O) groups is 1. The Morgan fingerprint density at radius 2 is 1.76 bits per heavy atom. The minimum atomic E-state index is -0.546. The van der Waals surface area contributed by atoms with E-state index in [0.29, 0.717) is 0 Å². The van der Waals surface area contributed by atoms with Crippen LogP contribution in [0.25, 0.3) is 0 Å². The highest BCUT2D eigenvalue weighted by Crippen LogP contribution is 2.24. The second kappa shape index (κ2) is 7.73. The van der Waals surface area contributed by atoms with E-state index < -0.39 is 6.10 Å². The minimum absolute atomic E-state index is 0.0977. The van der Waals surface area contributed by atoms with Crippen molar-refractivity contribution in [3.63, 3.8) is 0 Å².